The molecule has 0 bridgehead atoms. The van der Waals surface area contributed by atoms with Gasteiger partial charge in [0.1, 0.15) is 0 Å². The summed E-state index contributed by atoms with van der Waals surface area (Å²) in [5.41, 5.74) is 10.2. The van der Waals surface area contributed by atoms with Crippen LogP contribution in [-0.2, 0) is 11.2 Å². The third-order valence-electron chi connectivity index (χ3n) is 4.57. The molecule has 0 unspecified atom stereocenters. The maximum Gasteiger partial charge on any atom is 0.228 e. The minimum Gasteiger partial charge on any atom is -0.397 e. The molecule has 0 radical (unpaired) electrons. The Kier molecular flexibility index (Phi) is 2.65. The third-order valence-corrected chi connectivity index (χ3v) is 4.57. The second kappa shape index (κ2) is 4.40. The number of carbonyl (C=O) groups excluding carboxylic acids is 1. The topological polar surface area (TPSA) is 58.4 Å². The Morgan fingerprint density at radius 1 is 1.15 bits per heavy atom. The summed E-state index contributed by atoms with van der Waals surface area (Å²) in [6.45, 7) is 2.24. The van der Waals surface area contributed by atoms with Crippen molar-refractivity contribution in [3.8, 4) is 0 Å². The Morgan fingerprint density at radius 2 is 1.80 bits per heavy atom. The molecule has 1 heterocycles. The molecule has 3 N–H and O–H groups in total. The van der Waals surface area contributed by atoms with Gasteiger partial charge >= 0.3 is 0 Å². The van der Waals surface area contributed by atoms with Gasteiger partial charge in [0.25, 0.3) is 0 Å². The molecule has 106 valence electrons. The quantitative estimate of drug-likeness (QED) is 0.808. The van der Waals surface area contributed by atoms with Gasteiger partial charge in [-0.1, -0.05) is 0 Å². The lowest BCUT2D eigenvalue weighted by atomic mass is 10.1. The molecule has 2 saturated carbocycles. The molecule has 20 heavy (non-hydrogen) atoms. The van der Waals surface area contributed by atoms with Crippen LogP contribution in [0.25, 0.3) is 0 Å². The van der Waals surface area contributed by atoms with E-state index in [0.717, 1.165) is 47.6 Å². The standard InChI is InChI=1S/C16H21N3O/c17-13-5-12-6-16(20)18-14(12)7-15(13)19(8-10-1-2-10)9-11-3-4-11/h5,7,10-11H,1-4,6,8-9,17H2,(H,18,20). The average molecular weight is 271 g/mol. The van der Waals surface area contributed by atoms with Gasteiger partial charge in [-0.2, -0.15) is 0 Å². The predicted molar refractivity (Wildman–Crippen MR) is 80.8 cm³/mol. The number of carbonyl (C=O) groups is 1. The smallest absolute Gasteiger partial charge is 0.228 e. The van der Waals surface area contributed by atoms with Crippen molar-refractivity contribution in [2.45, 2.75) is 32.1 Å². The van der Waals surface area contributed by atoms with Gasteiger partial charge in [0, 0.05) is 18.8 Å². The Balaban J connectivity index is 1.63. The van der Waals surface area contributed by atoms with Gasteiger partial charge in [0.2, 0.25) is 5.91 Å². The lowest BCUT2D eigenvalue weighted by Crippen LogP contribution is -2.28. The van der Waals surface area contributed by atoms with E-state index in [1.807, 2.05) is 6.07 Å². The van der Waals surface area contributed by atoms with Crippen LogP contribution in [-0.4, -0.2) is 19.0 Å². The van der Waals surface area contributed by atoms with Crippen molar-refractivity contribution in [3.63, 3.8) is 0 Å². The molecular formula is C16H21N3O. The molecule has 4 rings (SSSR count). The van der Waals surface area contributed by atoms with Crippen molar-refractivity contribution in [1.82, 2.24) is 0 Å². The van der Waals surface area contributed by atoms with Crippen LogP contribution >= 0.6 is 0 Å². The Labute approximate surface area is 119 Å². The highest BCUT2D eigenvalue weighted by molar-refractivity contribution is 6.00. The predicted octanol–water partition coefficient (Wildman–Crippen LogP) is 2.39. The largest absolute Gasteiger partial charge is 0.397 e. The van der Waals surface area contributed by atoms with Crippen LogP contribution in [0.1, 0.15) is 31.2 Å². The van der Waals surface area contributed by atoms with Crippen molar-refractivity contribution in [3.05, 3.63) is 17.7 Å². The summed E-state index contributed by atoms with van der Waals surface area (Å²) in [7, 11) is 0. The highest BCUT2D eigenvalue weighted by Gasteiger charge is 2.31. The van der Waals surface area contributed by atoms with Crippen LogP contribution in [0.5, 0.6) is 0 Å². The van der Waals surface area contributed by atoms with Gasteiger partial charge in [-0.25, -0.2) is 0 Å². The van der Waals surface area contributed by atoms with E-state index >= 15 is 0 Å². The fourth-order valence-corrected chi connectivity index (χ4v) is 3.05. The second-order valence-corrected chi connectivity index (χ2v) is 6.58. The molecule has 4 heteroatoms. The van der Waals surface area contributed by atoms with E-state index in [9.17, 15) is 4.79 Å². The molecule has 1 amide bonds. The highest BCUT2D eigenvalue weighted by atomic mass is 16.1. The van der Waals surface area contributed by atoms with Crippen molar-refractivity contribution in [2.24, 2.45) is 11.8 Å². The first-order valence-electron chi connectivity index (χ1n) is 7.66. The van der Waals surface area contributed by atoms with Gasteiger partial charge in [0.05, 0.1) is 17.8 Å². The number of hydrogen-bond donors (Lipinski definition) is 2. The molecule has 4 nitrogen and oxygen atoms in total. The first kappa shape index (κ1) is 12.1. The second-order valence-electron chi connectivity index (χ2n) is 6.58. The molecule has 0 saturated heterocycles. The maximum atomic E-state index is 11.5. The molecule has 2 aliphatic carbocycles. The molecule has 0 aromatic heterocycles. The fraction of sp³-hybridized carbons (Fsp3) is 0.562. The van der Waals surface area contributed by atoms with Gasteiger partial charge in [-0.15, -0.1) is 0 Å². The summed E-state index contributed by atoms with van der Waals surface area (Å²) in [4.78, 5) is 14.0. The third kappa shape index (κ3) is 2.35. The first-order chi connectivity index (χ1) is 9.69. The molecule has 2 fully saturated rings. The maximum absolute atomic E-state index is 11.5. The fourth-order valence-electron chi connectivity index (χ4n) is 3.05. The van der Waals surface area contributed by atoms with Crippen LogP contribution in [0.2, 0.25) is 0 Å². The highest BCUT2D eigenvalue weighted by Crippen LogP contribution is 2.39. The normalized spacial score (nSPS) is 20.7. The summed E-state index contributed by atoms with van der Waals surface area (Å²) in [5.74, 6) is 1.76. The summed E-state index contributed by atoms with van der Waals surface area (Å²) >= 11 is 0. The number of rotatable bonds is 5. The Hall–Kier alpha value is -1.71. The zero-order valence-corrected chi connectivity index (χ0v) is 11.7. The number of benzene rings is 1. The first-order valence-corrected chi connectivity index (χ1v) is 7.66. The van der Waals surface area contributed by atoms with E-state index in [1.54, 1.807) is 0 Å². The monoisotopic (exact) mass is 271 g/mol. The lowest BCUT2D eigenvalue weighted by Gasteiger charge is -2.27. The number of hydrogen-bond acceptors (Lipinski definition) is 3. The number of nitrogen functional groups attached to an aromatic ring is 1. The molecule has 1 aromatic carbocycles. The van der Waals surface area contributed by atoms with E-state index in [-0.39, 0.29) is 5.91 Å². The molecule has 1 aromatic rings. The minimum atomic E-state index is 0.0764. The molecule has 0 atom stereocenters. The van der Waals surface area contributed by atoms with Crippen LogP contribution in [0.4, 0.5) is 17.1 Å². The van der Waals surface area contributed by atoms with Crippen LogP contribution in [0.15, 0.2) is 12.1 Å². The Morgan fingerprint density at radius 3 is 2.40 bits per heavy atom. The number of amides is 1. The summed E-state index contributed by atoms with van der Waals surface area (Å²) in [6.07, 6.45) is 5.86. The summed E-state index contributed by atoms with van der Waals surface area (Å²) < 4.78 is 0. The van der Waals surface area contributed by atoms with Crippen molar-refractivity contribution < 1.29 is 4.79 Å². The van der Waals surface area contributed by atoms with Gasteiger partial charge in [0.15, 0.2) is 0 Å². The number of anilines is 3. The van der Waals surface area contributed by atoms with E-state index in [0.29, 0.717) is 6.42 Å². The molecule has 0 spiro atoms. The van der Waals surface area contributed by atoms with Crippen LogP contribution < -0.4 is 16.0 Å². The Bertz CT molecular complexity index is 547. The van der Waals surface area contributed by atoms with Gasteiger partial charge in [-0.05, 0) is 55.2 Å². The van der Waals surface area contributed by atoms with Crippen molar-refractivity contribution in [2.75, 3.05) is 29.0 Å². The van der Waals surface area contributed by atoms with Gasteiger partial charge in [-0.3, -0.25) is 4.79 Å². The lowest BCUT2D eigenvalue weighted by molar-refractivity contribution is -0.115. The van der Waals surface area contributed by atoms with E-state index in [2.05, 4.69) is 16.3 Å². The number of nitrogens with zero attached hydrogens (tertiary/aromatic N) is 1. The zero-order chi connectivity index (χ0) is 13.7. The van der Waals surface area contributed by atoms with Crippen molar-refractivity contribution >= 4 is 23.0 Å². The van der Waals surface area contributed by atoms with Crippen LogP contribution in [0, 0.1) is 11.8 Å². The van der Waals surface area contributed by atoms with E-state index < -0.39 is 0 Å². The van der Waals surface area contributed by atoms with Crippen molar-refractivity contribution in [1.29, 1.82) is 0 Å². The number of nitrogens with one attached hydrogen (secondary N) is 1. The van der Waals surface area contributed by atoms with Gasteiger partial charge < -0.3 is 16.0 Å². The molecule has 1 aliphatic heterocycles. The average Bonchev–Trinajstić information content (AvgIpc) is 3.29. The number of nitrogens with two attached hydrogens (primary N) is 1. The SMILES string of the molecule is Nc1cc2c(cc1N(CC1CC1)CC1CC1)NC(=O)C2. The zero-order valence-electron chi connectivity index (χ0n) is 11.7. The molecule has 3 aliphatic rings. The summed E-state index contributed by atoms with van der Waals surface area (Å²) in [6, 6.07) is 4.07. The van der Waals surface area contributed by atoms with E-state index in [1.165, 1.54) is 25.7 Å². The number of fused-ring (bicyclic) bond motifs is 1. The molecular weight excluding hydrogens is 250 g/mol. The summed E-state index contributed by atoms with van der Waals surface area (Å²) in [5, 5.41) is 2.94. The van der Waals surface area contributed by atoms with Crippen LogP contribution in [0.3, 0.4) is 0 Å². The van der Waals surface area contributed by atoms with E-state index in [4.69, 9.17) is 5.73 Å². The minimum absolute atomic E-state index is 0.0764.